The smallest absolute Gasteiger partial charge is 0.251 e. The van der Waals surface area contributed by atoms with Crippen molar-refractivity contribution < 1.29 is 4.79 Å². The normalized spacial score (nSPS) is 26.3. The summed E-state index contributed by atoms with van der Waals surface area (Å²) in [5.41, 5.74) is 3.91. The third-order valence-corrected chi connectivity index (χ3v) is 6.81. The summed E-state index contributed by atoms with van der Waals surface area (Å²) in [6, 6.07) is 17.0. The van der Waals surface area contributed by atoms with Crippen LogP contribution in [0.2, 0.25) is 0 Å². The molecule has 0 radical (unpaired) electrons. The lowest BCUT2D eigenvalue weighted by molar-refractivity contribution is 0.0951. The van der Waals surface area contributed by atoms with Gasteiger partial charge in [-0.25, -0.2) is 0 Å². The lowest BCUT2D eigenvalue weighted by atomic mass is 9.85. The molecule has 0 bridgehead atoms. The van der Waals surface area contributed by atoms with E-state index in [4.69, 9.17) is 0 Å². The Kier molecular flexibility index (Phi) is 5.26. The number of nitrogens with zero attached hydrogens (tertiary/aromatic N) is 4. The molecule has 2 aromatic carbocycles. The van der Waals surface area contributed by atoms with Crippen LogP contribution in [0.15, 0.2) is 58.8 Å². The molecule has 6 nitrogen and oxygen atoms in total. The fourth-order valence-corrected chi connectivity index (χ4v) is 4.49. The zero-order valence-electron chi connectivity index (χ0n) is 18.4. The van der Waals surface area contributed by atoms with Crippen molar-refractivity contribution in [3.63, 3.8) is 0 Å². The summed E-state index contributed by atoms with van der Waals surface area (Å²) in [5.74, 6) is 0.0153. The largest absolute Gasteiger partial charge is 0.369 e. The highest BCUT2D eigenvalue weighted by molar-refractivity contribution is 5.94. The molecular weight excluding hydrogens is 386 g/mol. The van der Waals surface area contributed by atoms with Crippen LogP contribution in [0.1, 0.15) is 53.7 Å². The first-order valence-electron chi connectivity index (χ1n) is 11.4. The number of hydrogen-bond donors (Lipinski definition) is 1. The fraction of sp³-hybridized carbons (Fsp3) is 0.480. The Morgan fingerprint density at radius 3 is 2.52 bits per heavy atom. The average molecular weight is 418 g/mol. The summed E-state index contributed by atoms with van der Waals surface area (Å²) in [4.78, 5) is 17.2. The lowest BCUT2D eigenvalue weighted by Crippen LogP contribution is -2.44. The summed E-state index contributed by atoms with van der Waals surface area (Å²) in [6.45, 7) is 6.50. The van der Waals surface area contributed by atoms with Gasteiger partial charge >= 0.3 is 0 Å². The third-order valence-electron chi connectivity index (χ3n) is 6.81. The van der Waals surface area contributed by atoms with Gasteiger partial charge in [-0.05, 0) is 62.2 Å². The minimum atomic E-state index is -0.336. The first-order valence-corrected chi connectivity index (χ1v) is 11.4. The quantitative estimate of drug-likeness (QED) is 0.795. The van der Waals surface area contributed by atoms with Crippen molar-refractivity contribution in [1.82, 2.24) is 10.2 Å². The monoisotopic (exact) mass is 417 g/mol. The number of carbonyl (C=O) groups excluding carboxylic acids is 1. The minimum absolute atomic E-state index is 0.0153. The molecule has 2 unspecified atom stereocenters. The van der Waals surface area contributed by atoms with E-state index >= 15 is 0 Å². The molecule has 1 saturated heterocycles. The number of hydrogen-bond acceptors (Lipinski definition) is 5. The van der Waals surface area contributed by atoms with Crippen molar-refractivity contribution in [3.05, 3.63) is 65.2 Å². The van der Waals surface area contributed by atoms with Crippen molar-refractivity contribution in [2.75, 3.05) is 38.1 Å². The Morgan fingerprint density at radius 1 is 1.06 bits per heavy atom. The van der Waals surface area contributed by atoms with Gasteiger partial charge in [0.05, 0.1) is 6.04 Å². The van der Waals surface area contributed by atoms with Crippen LogP contribution in [0.5, 0.6) is 0 Å². The summed E-state index contributed by atoms with van der Waals surface area (Å²) in [7, 11) is 2.18. The molecule has 2 aliphatic heterocycles. The third kappa shape index (κ3) is 4.35. The van der Waals surface area contributed by atoms with Crippen molar-refractivity contribution in [3.8, 4) is 0 Å². The van der Waals surface area contributed by atoms with E-state index in [1.807, 2.05) is 18.2 Å². The Labute approximate surface area is 184 Å². The summed E-state index contributed by atoms with van der Waals surface area (Å²) in [6.07, 6.45) is 3.00. The zero-order chi connectivity index (χ0) is 21.4. The predicted molar refractivity (Wildman–Crippen MR) is 123 cm³/mol. The van der Waals surface area contributed by atoms with E-state index in [9.17, 15) is 4.79 Å². The van der Waals surface area contributed by atoms with E-state index < -0.39 is 0 Å². The van der Waals surface area contributed by atoms with E-state index in [0.717, 1.165) is 51.0 Å². The zero-order valence-corrected chi connectivity index (χ0v) is 18.4. The Hall–Kier alpha value is -2.73. The topological polar surface area (TPSA) is 60.3 Å². The van der Waals surface area contributed by atoms with Crippen LogP contribution in [0.25, 0.3) is 0 Å². The van der Waals surface area contributed by atoms with Crippen LogP contribution >= 0.6 is 0 Å². The molecule has 0 aromatic heterocycles. The molecule has 6 heteroatoms. The van der Waals surface area contributed by atoms with Gasteiger partial charge in [-0.15, -0.1) is 0 Å². The van der Waals surface area contributed by atoms with Crippen LogP contribution in [0.3, 0.4) is 0 Å². The minimum Gasteiger partial charge on any atom is -0.369 e. The number of anilines is 1. The number of nitrogens with one attached hydrogen (secondary N) is 1. The Balaban J connectivity index is 1.27. The van der Waals surface area contributed by atoms with Gasteiger partial charge in [0.15, 0.2) is 0 Å². The van der Waals surface area contributed by atoms with Gasteiger partial charge in [-0.2, -0.15) is 10.2 Å². The maximum Gasteiger partial charge on any atom is 0.251 e. The van der Waals surface area contributed by atoms with E-state index in [1.54, 1.807) is 0 Å². The fourth-order valence-electron chi connectivity index (χ4n) is 4.49. The highest BCUT2D eigenvalue weighted by Crippen LogP contribution is 2.43. The number of rotatable bonds is 5. The van der Waals surface area contributed by atoms with Crippen LogP contribution in [-0.4, -0.2) is 50.1 Å². The van der Waals surface area contributed by atoms with Crippen LogP contribution < -0.4 is 10.2 Å². The second-order valence-electron chi connectivity index (χ2n) is 9.42. The molecule has 1 N–H and O–H groups in total. The summed E-state index contributed by atoms with van der Waals surface area (Å²) >= 11 is 0. The second-order valence-corrected chi connectivity index (χ2v) is 9.42. The molecule has 5 rings (SSSR count). The van der Waals surface area contributed by atoms with Crippen LogP contribution in [0, 0.1) is 0 Å². The first kappa shape index (κ1) is 20.2. The van der Waals surface area contributed by atoms with Crippen LogP contribution in [0.4, 0.5) is 5.69 Å². The number of amides is 1. The molecule has 2 fully saturated rings. The molecule has 31 heavy (non-hydrogen) atoms. The second kappa shape index (κ2) is 8.08. The van der Waals surface area contributed by atoms with E-state index in [0.29, 0.717) is 11.6 Å². The standard InChI is InChI=1S/C25H31N5O/c1-25(20-6-10-22(11-7-20)30-14-12-29(2)13-15-30)17-23(27-28-25)18-4-3-5-19(16-18)24(31)26-21-8-9-21/h3-7,10-11,16,21,23H,8-9,12-15,17H2,1-2H3,(H,26,31). The van der Waals surface area contributed by atoms with Crippen molar-refractivity contribution in [2.45, 2.75) is 43.8 Å². The molecule has 2 atom stereocenters. The number of benzene rings is 2. The summed E-state index contributed by atoms with van der Waals surface area (Å²) in [5, 5.41) is 12.4. The van der Waals surface area contributed by atoms with Gasteiger partial charge in [-0.3, -0.25) is 4.79 Å². The molecule has 2 heterocycles. The molecular formula is C25H31N5O. The van der Waals surface area contributed by atoms with Gasteiger partial charge < -0.3 is 15.1 Å². The SMILES string of the molecule is CN1CCN(c2ccc(C3(C)CC(c4cccc(C(=O)NC5CC5)c4)N=N3)cc2)CC1. The van der Waals surface area contributed by atoms with Gasteiger partial charge in [0.1, 0.15) is 5.54 Å². The van der Waals surface area contributed by atoms with E-state index in [1.165, 1.54) is 11.3 Å². The molecule has 162 valence electrons. The molecule has 1 aliphatic carbocycles. The number of likely N-dealkylation sites (N-methyl/N-ethyl adjacent to an activating group) is 1. The maximum absolute atomic E-state index is 12.4. The molecule has 1 amide bonds. The molecule has 3 aliphatic rings. The predicted octanol–water partition coefficient (Wildman–Crippen LogP) is 4.14. The Bertz CT molecular complexity index is 976. The number of azo groups is 1. The first-order chi connectivity index (χ1) is 15.0. The highest BCUT2D eigenvalue weighted by atomic mass is 16.1. The van der Waals surface area contributed by atoms with Crippen molar-refractivity contribution in [1.29, 1.82) is 0 Å². The van der Waals surface area contributed by atoms with E-state index in [2.05, 4.69) is 69.6 Å². The molecule has 2 aromatic rings. The van der Waals surface area contributed by atoms with Gasteiger partial charge in [0.25, 0.3) is 5.91 Å². The summed E-state index contributed by atoms with van der Waals surface area (Å²) < 4.78 is 0. The number of piperazine rings is 1. The highest BCUT2D eigenvalue weighted by Gasteiger charge is 2.36. The van der Waals surface area contributed by atoms with Gasteiger partial charge in [-0.1, -0.05) is 24.3 Å². The van der Waals surface area contributed by atoms with Crippen LogP contribution in [-0.2, 0) is 5.54 Å². The Morgan fingerprint density at radius 2 is 1.81 bits per heavy atom. The van der Waals surface area contributed by atoms with Gasteiger partial charge in [0.2, 0.25) is 0 Å². The maximum atomic E-state index is 12.4. The average Bonchev–Trinajstić information content (AvgIpc) is 3.52. The molecule has 1 saturated carbocycles. The van der Waals surface area contributed by atoms with Gasteiger partial charge in [0, 0.05) is 49.9 Å². The van der Waals surface area contributed by atoms with Crippen molar-refractivity contribution in [2.24, 2.45) is 10.2 Å². The molecule has 0 spiro atoms. The lowest BCUT2D eigenvalue weighted by Gasteiger charge is -2.34. The number of carbonyl (C=O) groups is 1. The van der Waals surface area contributed by atoms with Crippen molar-refractivity contribution >= 4 is 11.6 Å². The van der Waals surface area contributed by atoms with E-state index in [-0.39, 0.29) is 17.5 Å².